The van der Waals surface area contributed by atoms with Crippen LogP contribution >= 0.6 is 0 Å². The van der Waals surface area contributed by atoms with Gasteiger partial charge in [-0.25, -0.2) is 13.2 Å². The molecule has 0 unspecified atom stereocenters. The second kappa shape index (κ2) is 8.69. The van der Waals surface area contributed by atoms with Crippen LogP contribution in [0, 0.1) is 13.8 Å². The SMILES string of the molecule is CCOC(=O)c1c(C)c(S(=O)(=O)N2CCN(c3ccc(OC)cc3)CC2)c(C)n1C. The summed E-state index contributed by atoms with van der Waals surface area (Å²) in [6.45, 7) is 7.26. The third-order valence-corrected chi connectivity index (χ3v) is 7.77. The average molecular weight is 436 g/mol. The Hall–Kier alpha value is -2.52. The summed E-state index contributed by atoms with van der Waals surface area (Å²) in [6, 6.07) is 7.73. The van der Waals surface area contributed by atoms with E-state index in [-0.39, 0.29) is 17.2 Å². The zero-order valence-corrected chi connectivity index (χ0v) is 19.0. The first-order valence-electron chi connectivity index (χ1n) is 9.94. The molecule has 0 bridgehead atoms. The Bertz CT molecular complexity index is 1020. The fourth-order valence-electron chi connectivity index (χ4n) is 3.93. The number of nitrogens with zero attached hydrogens (tertiary/aromatic N) is 3. The lowest BCUT2D eigenvalue weighted by Crippen LogP contribution is -2.48. The molecule has 0 saturated carbocycles. The Morgan fingerprint density at radius 2 is 1.67 bits per heavy atom. The van der Waals surface area contributed by atoms with Crippen molar-refractivity contribution in [2.24, 2.45) is 7.05 Å². The number of aromatic nitrogens is 1. The van der Waals surface area contributed by atoms with Crippen molar-refractivity contribution in [1.29, 1.82) is 0 Å². The summed E-state index contributed by atoms with van der Waals surface area (Å²) in [5.41, 5.74) is 2.29. The molecule has 1 aromatic carbocycles. The third-order valence-electron chi connectivity index (χ3n) is 5.61. The molecule has 3 rings (SSSR count). The Morgan fingerprint density at radius 1 is 1.07 bits per heavy atom. The predicted octanol–water partition coefficient (Wildman–Crippen LogP) is 2.34. The predicted molar refractivity (Wildman–Crippen MR) is 115 cm³/mol. The summed E-state index contributed by atoms with van der Waals surface area (Å²) in [6.07, 6.45) is 0. The summed E-state index contributed by atoms with van der Waals surface area (Å²) in [4.78, 5) is 14.7. The molecule has 1 aromatic heterocycles. The van der Waals surface area contributed by atoms with Crippen LogP contribution in [0.5, 0.6) is 5.75 Å². The van der Waals surface area contributed by atoms with Gasteiger partial charge in [-0.3, -0.25) is 0 Å². The monoisotopic (exact) mass is 435 g/mol. The Kier molecular flexibility index (Phi) is 6.42. The molecule has 1 aliphatic heterocycles. The van der Waals surface area contributed by atoms with E-state index in [1.165, 1.54) is 4.31 Å². The Balaban J connectivity index is 1.82. The largest absolute Gasteiger partial charge is 0.497 e. The van der Waals surface area contributed by atoms with Crippen molar-refractivity contribution in [2.75, 3.05) is 44.8 Å². The van der Waals surface area contributed by atoms with Crippen LogP contribution in [-0.4, -0.2) is 63.2 Å². The van der Waals surface area contributed by atoms with Gasteiger partial charge in [-0.2, -0.15) is 4.31 Å². The van der Waals surface area contributed by atoms with Crippen LogP contribution in [0.25, 0.3) is 0 Å². The number of carbonyl (C=O) groups is 1. The highest BCUT2D eigenvalue weighted by Crippen LogP contribution is 2.30. The summed E-state index contributed by atoms with van der Waals surface area (Å²) >= 11 is 0. The number of methoxy groups -OCH3 is 1. The minimum Gasteiger partial charge on any atom is -0.497 e. The zero-order valence-electron chi connectivity index (χ0n) is 18.1. The zero-order chi connectivity index (χ0) is 22.1. The molecule has 2 heterocycles. The van der Waals surface area contributed by atoms with Crippen LogP contribution in [0.3, 0.4) is 0 Å². The van der Waals surface area contributed by atoms with E-state index in [1.54, 1.807) is 39.5 Å². The maximum Gasteiger partial charge on any atom is 0.355 e. The van der Waals surface area contributed by atoms with Crippen LogP contribution in [0.15, 0.2) is 29.2 Å². The molecule has 8 nitrogen and oxygen atoms in total. The van der Waals surface area contributed by atoms with E-state index in [4.69, 9.17) is 9.47 Å². The van der Waals surface area contributed by atoms with Gasteiger partial charge in [0.2, 0.25) is 10.0 Å². The molecule has 2 aromatic rings. The van der Waals surface area contributed by atoms with Gasteiger partial charge in [0.1, 0.15) is 16.3 Å². The summed E-state index contributed by atoms with van der Waals surface area (Å²) in [5.74, 6) is 0.277. The molecule has 1 fully saturated rings. The number of carbonyl (C=O) groups excluding carboxylic acids is 1. The highest BCUT2D eigenvalue weighted by Gasteiger charge is 2.35. The number of anilines is 1. The van der Waals surface area contributed by atoms with Crippen LogP contribution in [0.2, 0.25) is 0 Å². The van der Waals surface area contributed by atoms with Gasteiger partial charge in [-0.05, 0) is 45.0 Å². The van der Waals surface area contributed by atoms with Crippen LogP contribution in [0.4, 0.5) is 5.69 Å². The first-order chi connectivity index (χ1) is 14.2. The van der Waals surface area contributed by atoms with Crippen molar-refractivity contribution in [2.45, 2.75) is 25.7 Å². The van der Waals surface area contributed by atoms with Crippen molar-refractivity contribution in [1.82, 2.24) is 8.87 Å². The lowest BCUT2D eigenvalue weighted by molar-refractivity contribution is 0.0514. The molecule has 0 spiro atoms. The van der Waals surface area contributed by atoms with E-state index in [0.717, 1.165) is 11.4 Å². The van der Waals surface area contributed by atoms with Gasteiger partial charge in [-0.15, -0.1) is 0 Å². The van der Waals surface area contributed by atoms with Crippen molar-refractivity contribution in [3.63, 3.8) is 0 Å². The van der Waals surface area contributed by atoms with Gasteiger partial charge in [0.25, 0.3) is 0 Å². The number of benzene rings is 1. The van der Waals surface area contributed by atoms with E-state index >= 15 is 0 Å². The number of sulfonamides is 1. The number of ether oxygens (including phenoxy) is 2. The second-order valence-corrected chi connectivity index (χ2v) is 9.13. The van der Waals surface area contributed by atoms with Crippen molar-refractivity contribution < 1.29 is 22.7 Å². The lowest BCUT2D eigenvalue weighted by atomic mass is 10.2. The van der Waals surface area contributed by atoms with Gasteiger partial charge in [0.15, 0.2) is 0 Å². The minimum absolute atomic E-state index is 0.200. The topological polar surface area (TPSA) is 81.1 Å². The summed E-state index contributed by atoms with van der Waals surface area (Å²) < 4.78 is 40.3. The Labute approximate surface area is 178 Å². The van der Waals surface area contributed by atoms with Gasteiger partial charge < -0.3 is 18.9 Å². The molecular weight excluding hydrogens is 406 g/mol. The second-order valence-electron chi connectivity index (χ2n) is 7.26. The number of hydrogen-bond donors (Lipinski definition) is 0. The van der Waals surface area contributed by atoms with Crippen molar-refractivity contribution in [3.05, 3.63) is 41.2 Å². The number of piperazine rings is 1. The van der Waals surface area contributed by atoms with Gasteiger partial charge in [-0.1, -0.05) is 0 Å². The first kappa shape index (κ1) is 22.2. The van der Waals surface area contributed by atoms with Crippen LogP contribution in [-0.2, 0) is 21.8 Å². The van der Waals surface area contributed by atoms with Crippen molar-refractivity contribution in [3.8, 4) is 5.75 Å². The van der Waals surface area contributed by atoms with E-state index in [2.05, 4.69) is 4.90 Å². The quantitative estimate of drug-likeness (QED) is 0.648. The van der Waals surface area contributed by atoms with Gasteiger partial charge in [0, 0.05) is 50.2 Å². The average Bonchev–Trinajstić information content (AvgIpc) is 2.97. The van der Waals surface area contributed by atoms with Gasteiger partial charge >= 0.3 is 5.97 Å². The molecule has 0 atom stereocenters. The molecule has 0 radical (unpaired) electrons. The molecule has 30 heavy (non-hydrogen) atoms. The standard InChI is InChI=1S/C21H29N3O5S/c1-6-29-21(25)19-15(2)20(16(3)22(19)4)30(26,27)24-13-11-23(12-14-24)17-7-9-18(28-5)10-8-17/h7-10H,6,11-14H2,1-5H3. The minimum atomic E-state index is -3.73. The fourth-order valence-corrected chi connectivity index (χ4v) is 5.82. The Morgan fingerprint density at radius 3 is 2.20 bits per heavy atom. The van der Waals surface area contributed by atoms with E-state index in [9.17, 15) is 13.2 Å². The number of rotatable bonds is 6. The summed E-state index contributed by atoms with van der Waals surface area (Å²) in [7, 11) is -0.417. The fraction of sp³-hybridized carbons (Fsp3) is 0.476. The number of hydrogen-bond acceptors (Lipinski definition) is 6. The summed E-state index contributed by atoms with van der Waals surface area (Å²) in [5, 5.41) is 0. The highest BCUT2D eigenvalue weighted by molar-refractivity contribution is 7.89. The molecule has 0 aliphatic carbocycles. The number of esters is 1. The molecule has 164 valence electrons. The van der Waals surface area contributed by atoms with Crippen LogP contribution < -0.4 is 9.64 Å². The smallest absolute Gasteiger partial charge is 0.355 e. The highest BCUT2D eigenvalue weighted by atomic mass is 32.2. The van der Waals surface area contributed by atoms with E-state index < -0.39 is 16.0 Å². The van der Waals surface area contributed by atoms with Crippen LogP contribution in [0.1, 0.15) is 28.7 Å². The first-order valence-corrected chi connectivity index (χ1v) is 11.4. The normalized spacial score (nSPS) is 15.3. The molecule has 9 heteroatoms. The molecule has 1 saturated heterocycles. The van der Waals surface area contributed by atoms with Gasteiger partial charge in [0.05, 0.1) is 13.7 Å². The molecule has 1 aliphatic rings. The molecule has 0 amide bonds. The van der Waals surface area contributed by atoms with E-state index in [1.807, 2.05) is 24.3 Å². The molecular formula is C21H29N3O5S. The third kappa shape index (κ3) is 3.91. The maximum atomic E-state index is 13.4. The van der Waals surface area contributed by atoms with E-state index in [0.29, 0.717) is 37.4 Å². The maximum absolute atomic E-state index is 13.4. The lowest BCUT2D eigenvalue weighted by Gasteiger charge is -2.35. The van der Waals surface area contributed by atoms with Crippen molar-refractivity contribution >= 4 is 21.7 Å². The molecule has 0 N–H and O–H groups in total.